The fourth-order valence-electron chi connectivity index (χ4n) is 3.27. The molecule has 1 amide bonds. The van der Waals surface area contributed by atoms with Crippen LogP contribution in [0.2, 0.25) is 0 Å². The zero-order valence-corrected chi connectivity index (χ0v) is 12.3. The molecule has 2 aliphatic rings. The predicted octanol–water partition coefficient (Wildman–Crippen LogP) is 1.91. The van der Waals surface area contributed by atoms with Crippen molar-refractivity contribution in [3.63, 3.8) is 0 Å². The second-order valence-corrected chi connectivity index (χ2v) is 6.17. The lowest BCUT2D eigenvalue weighted by Crippen LogP contribution is -2.52. The molecule has 1 aliphatic heterocycles. The quantitative estimate of drug-likeness (QED) is 0.756. The molecule has 0 bridgehead atoms. The van der Waals surface area contributed by atoms with Crippen molar-refractivity contribution in [1.82, 2.24) is 4.90 Å². The minimum Gasteiger partial charge on any atom is -0.481 e. The summed E-state index contributed by atoms with van der Waals surface area (Å²) in [6.07, 6.45) is 5.84. The van der Waals surface area contributed by atoms with E-state index in [0.717, 1.165) is 32.1 Å². The van der Waals surface area contributed by atoms with Gasteiger partial charge in [-0.2, -0.15) is 0 Å². The number of carboxylic acids is 1. The number of carbonyl (C=O) groups excluding carboxylic acids is 1. The lowest BCUT2D eigenvalue weighted by molar-refractivity contribution is -0.157. The smallest absolute Gasteiger partial charge is 0.311 e. The van der Waals surface area contributed by atoms with Crippen molar-refractivity contribution in [1.29, 1.82) is 0 Å². The lowest BCUT2D eigenvalue weighted by Gasteiger charge is -2.42. The van der Waals surface area contributed by atoms with Crippen LogP contribution in [0.4, 0.5) is 0 Å². The average Bonchev–Trinajstić information content (AvgIpc) is 2.37. The third-order valence-electron chi connectivity index (χ3n) is 4.80. The maximum absolute atomic E-state index is 12.3. The third-order valence-corrected chi connectivity index (χ3v) is 4.80. The van der Waals surface area contributed by atoms with Gasteiger partial charge in [0.1, 0.15) is 0 Å². The van der Waals surface area contributed by atoms with Crippen LogP contribution in [-0.2, 0) is 14.3 Å². The number of carbonyl (C=O) groups is 2. The Balaban J connectivity index is 2.00. The molecular formula is C15H25NO4. The summed E-state index contributed by atoms with van der Waals surface area (Å²) in [5.41, 5.74) is -0.768. The maximum Gasteiger partial charge on any atom is 0.311 e. The zero-order chi connectivity index (χ0) is 14.6. The zero-order valence-electron chi connectivity index (χ0n) is 12.3. The molecular weight excluding hydrogens is 258 g/mol. The monoisotopic (exact) mass is 283 g/mol. The fourth-order valence-corrected chi connectivity index (χ4v) is 3.27. The van der Waals surface area contributed by atoms with Gasteiger partial charge in [0.05, 0.1) is 5.41 Å². The molecule has 5 heteroatoms. The number of rotatable bonds is 6. The Morgan fingerprint density at radius 1 is 1.35 bits per heavy atom. The molecule has 0 aromatic carbocycles. The second kappa shape index (κ2) is 6.57. The Morgan fingerprint density at radius 2 is 2.10 bits per heavy atom. The molecule has 0 spiro atoms. The molecule has 1 heterocycles. The summed E-state index contributed by atoms with van der Waals surface area (Å²) in [4.78, 5) is 25.8. The van der Waals surface area contributed by atoms with Crippen LogP contribution in [-0.4, -0.2) is 48.7 Å². The van der Waals surface area contributed by atoms with E-state index in [2.05, 4.69) is 0 Å². The van der Waals surface area contributed by atoms with Crippen LogP contribution in [0.15, 0.2) is 0 Å². The Morgan fingerprint density at radius 3 is 2.65 bits per heavy atom. The molecule has 114 valence electrons. The number of likely N-dealkylation sites (tertiary alicyclic amines) is 1. The van der Waals surface area contributed by atoms with Gasteiger partial charge in [-0.15, -0.1) is 0 Å². The van der Waals surface area contributed by atoms with Crippen LogP contribution in [0.25, 0.3) is 0 Å². The van der Waals surface area contributed by atoms with Gasteiger partial charge >= 0.3 is 5.97 Å². The number of ether oxygens (including phenoxy) is 1. The summed E-state index contributed by atoms with van der Waals surface area (Å²) >= 11 is 0. The third kappa shape index (κ3) is 3.14. The van der Waals surface area contributed by atoms with Crippen LogP contribution in [0.1, 0.15) is 44.9 Å². The molecule has 1 saturated carbocycles. The summed E-state index contributed by atoms with van der Waals surface area (Å²) in [6, 6.07) is 0. The van der Waals surface area contributed by atoms with Gasteiger partial charge in [0.2, 0.25) is 5.91 Å². The molecule has 0 aromatic heterocycles. The Hall–Kier alpha value is -1.10. The molecule has 20 heavy (non-hydrogen) atoms. The van der Waals surface area contributed by atoms with Crippen molar-refractivity contribution >= 4 is 11.9 Å². The normalized spacial score (nSPS) is 27.1. The van der Waals surface area contributed by atoms with E-state index in [1.807, 2.05) is 0 Å². The fraction of sp³-hybridized carbons (Fsp3) is 0.867. The molecule has 1 saturated heterocycles. The molecule has 0 radical (unpaired) electrons. The van der Waals surface area contributed by atoms with Gasteiger partial charge in [-0.25, -0.2) is 0 Å². The molecule has 1 aliphatic carbocycles. The first kappa shape index (κ1) is 15.3. The van der Waals surface area contributed by atoms with Gasteiger partial charge < -0.3 is 14.7 Å². The minimum absolute atomic E-state index is 0.151. The first-order chi connectivity index (χ1) is 9.59. The molecule has 1 N–H and O–H groups in total. The molecule has 0 unspecified atom stereocenters. The van der Waals surface area contributed by atoms with Gasteiger partial charge in [0, 0.05) is 32.7 Å². The second-order valence-electron chi connectivity index (χ2n) is 6.17. The summed E-state index contributed by atoms with van der Waals surface area (Å²) in [5, 5.41) is 9.62. The van der Waals surface area contributed by atoms with Crippen LogP contribution in [0.5, 0.6) is 0 Å². The molecule has 0 aromatic rings. The van der Waals surface area contributed by atoms with E-state index < -0.39 is 11.4 Å². The standard InChI is InChI=1S/C15H25NO4/c1-20-10-4-8-15(14(18)19)7-3-9-16(11-15)13(17)12-5-2-6-12/h12H,2-11H2,1H3,(H,18,19)/t15-/m1/s1. The maximum atomic E-state index is 12.3. The van der Waals surface area contributed by atoms with E-state index in [0.29, 0.717) is 32.5 Å². The predicted molar refractivity (Wildman–Crippen MR) is 74.3 cm³/mol. The summed E-state index contributed by atoms with van der Waals surface area (Å²) in [5.74, 6) is -0.438. The number of hydrogen-bond acceptors (Lipinski definition) is 3. The van der Waals surface area contributed by atoms with Crippen LogP contribution in [0, 0.1) is 11.3 Å². The van der Waals surface area contributed by atoms with Crippen molar-refractivity contribution in [3.05, 3.63) is 0 Å². The molecule has 2 rings (SSSR count). The van der Waals surface area contributed by atoms with Crippen molar-refractivity contribution in [2.75, 3.05) is 26.8 Å². The molecule has 5 nitrogen and oxygen atoms in total. The van der Waals surface area contributed by atoms with Gasteiger partial charge in [-0.05, 0) is 38.5 Å². The number of carboxylic acid groups (broad SMARTS) is 1. The van der Waals surface area contributed by atoms with E-state index in [1.165, 1.54) is 0 Å². The van der Waals surface area contributed by atoms with Crippen LogP contribution >= 0.6 is 0 Å². The van der Waals surface area contributed by atoms with Crippen molar-refractivity contribution in [3.8, 4) is 0 Å². The topological polar surface area (TPSA) is 66.8 Å². The number of methoxy groups -OCH3 is 1. The molecule has 1 atom stereocenters. The van der Waals surface area contributed by atoms with Crippen LogP contribution in [0.3, 0.4) is 0 Å². The van der Waals surface area contributed by atoms with Gasteiger partial charge in [-0.3, -0.25) is 9.59 Å². The van der Waals surface area contributed by atoms with E-state index >= 15 is 0 Å². The lowest BCUT2D eigenvalue weighted by atomic mass is 9.75. The Labute approximate surface area is 120 Å². The van der Waals surface area contributed by atoms with E-state index in [1.54, 1.807) is 12.0 Å². The van der Waals surface area contributed by atoms with Crippen molar-refractivity contribution in [2.45, 2.75) is 44.9 Å². The first-order valence-electron chi connectivity index (χ1n) is 7.60. The van der Waals surface area contributed by atoms with Gasteiger partial charge in [-0.1, -0.05) is 6.42 Å². The SMILES string of the molecule is COCCC[C@]1(C(=O)O)CCCN(C(=O)C2CCC2)C1. The Kier molecular flexibility index (Phi) is 5.02. The van der Waals surface area contributed by atoms with E-state index in [9.17, 15) is 14.7 Å². The highest BCUT2D eigenvalue weighted by Crippen LogP contribution is 2.37. The summed E-state index contributed by atoms with van der Waals surface area (Å²) in [6.45, 7) is 1.67. The number of hydrogen-bond donors (Lipinski definition) is 1. The summed E-state index contributed by atoms with van der Waals surface area (Å²) in [7, 11) is 1.63. The Bertz CT molecular complexity index is 367. The van der Waals surface area contributed by atoms with E-state index in [4.69, 9.17) is 4.74 Å². The number of amides is 1. The number of nitrogens with zero attached hydrogens (tertiary/aromatic N) is 1. The highest BCUT2D eigenvalue weighted by molar-refractivity contribution is 5.81. The van der Waals surface area contributed by atoms with Gasteiger partial charge in [0.15, 0.2) is 0 Å². The van der Waals surface area contributed by atoms with Crippen molar-refractivity contribution < 1.29 is 19.4 Å². The van der Waals surface area contributed by atoms with Crippen molar-refractivity contribution in [2.24, 2.45) is 11.3 Å². The molecule has 2 fully saturated rings. The minimum atomic E-state index is -0.768. The first-order valence-corrected chi connectivity index (χ1v) is 7.60. The largest absolute Gasteiger partial charge is 0.481 e. The highest BCUT2D eigenvalue weighted by atomic mass is 16.5. The van der Waals surface area contributed by atoms with E-state index in [-0.39, 0.29) is 11.8 Å². The number of piperidine rings is 1. The summed E-state index contributed by atoms with van der Waals surface area (Å²) < 4.78 is 5.02. The average molecular weight is 283 g/mol. The van der Waals surface area contributed by atoms with Gasteiger partial charge in [0.25, 0.3) is 0 Å². The highest BCUT2D eigenvalue weighted by Gasteiger charge is 2.44. The van der Waals surface area contributed by atoms with Crippen LogP contribution < -0.4 is 0 Å². The number of aliphatic carboxylic acids is 1.